The van der Waals surface area contributed by atoms with Crippen LogP contribution in [0, 0.1) is 11.3 Å². The lowest BCUT2D eigenvalue weighted by Crippen LogP contribution is -2.09. The number of nitrogens with zero attached hydrogens (tertiary/aromatic N) is 3. The van der Waals surface area contributed by atoms with E-state index >= 15 is 0 Å². The number of nitrogen functional groups attached to an aromatic ring is 2. The third kappa shape index (κ3) is 3.10. The maximum Gasteiger partial charge on any atom is 0.310 e. The first-order valence-electron chi connectivity index (χ1n) is 5.43. The van der Waals surface area contributed by atoms with Crippen LogP contribution in [-0.2, 0) is 0 Å². The van der Waals surface area contributed by atoms with Gasteiger partial charge >= 0.3 is 10.2 Å². The summed E-state index contributed by atoms with van der Waals surface area (Å²) in [6.07, 6.45) is 0. The highest BCUT2D eigenvalue weighted by molar-refractivity contribution is 8.45. The molecular formula is C10H6Cl2F5N5S. The third-order valence-corrected chi connectivity index (χ3v) is 4.42. The lowest BCUT2D eigenvalue weighted by Gasteiger charge is -2.40. The van der Waals surface area contributed by atoms with Gasteiger partial charge < -0.3 is 11.5 Å². The number of nitriles is 1. The van der Waals surface area contributed by atoms with Crippen molar-refractivity contribution in [2.24, 2.45) is 0 Å². The zero-order valence-corrected chi connectivity index (χ0v) is 13.0. The summed E-state index contributed by atoms with van der Waals surface area (Å²) in [7, 11) is -9.97. The predicted octanol–water partition coefficient (Wildman–Crippen LogP) is 4.87. The molecular weight excluding hydrogens is 388 g/mol. The average Bonchev–Trinajstić information content (AvgIpc) is 2.63. The fraction of sp³-hybridized carbons (Fsp3) is 0. The molecule has 2 rings (SSSR count). The molecule has 0 radical (unpaired) electrons. The number of hydrogen-bond donors (Lipinski definition) is 2. The van der Waals surface area contributed by atoms with Crippen LogP contribution in [0.15, 0.2) is 17.0 Å². The molecule has 1 aromatic carbocycles. The van der Waals surface area contributed by atoms with Crippen molar-refractivity contribution in [3.8, 4) is 11.8 Å². The molecule has 1 aromatic heterocycles. The molecule has 0 saturated carbocycles. The van der Waals surface area contributed by atoms with Gasteiger partial charge in [0.15, 0.2) is 11.5 Å². The number of benzene rings is 1. The van der Waals surface area contributed by atoms with E-state index in [-0.39, 0.29) is 29.3 Å². The minimum atomic E-state index is -9.97. The molecule has 2 aromatic rings. The van der Waals surface area contributed by atoms with Gasteiger partial charge in [-0.3, -0.25) is 0 Å². The van der Waals surface area contributed by atoms with E-state index in [0.717, 1.165) is 0 Å². The normalized spacial score (nSPS) is 14.9. The van der Waals surface area contributed by atoms with E-state index in [4.69, 9.17) is 39.9 Å². The van der Waals surface area contributed by atoms with Crippen molar-refractivity contribution in [2.45, 2.75) is 4.90 Å². The van der Waals surface area contributed by atoms with E-state index in [2.05, 4.69) is 5.10 Å². The molecule has 23 heavy (non-hydrogen) atoms. The highest BCUT2D eigenvalue weighted by Gasteiger charge is 2.65. The van der Waals surface area contributed by atoms with Crippen LogP contribution in [0.2, 0.25) is 10.0 Å². The molecule has 13 heteroatoms. The Morgan fingerprint density at radius 1 is 1.09 bits per heavy atom. The van der Waals surface area contributed by atoms with Crippen molar-refractivity contribution in [2.75, 3.05) is 11.5 Å². The molecule has 0 amide bonds. The first-order chi connectivity index (χ1) is 10.2. The molecule has 0 saturated heterocycles. The molecule has 0 atom stereocenters. The van der Waals surface area contributed by atoms with E-state index in [1.807, 2.05) is 0 Å². The van der Waals surface area contributed by atoms with Crippen LogP contribution in [0.25, 0.3) is 5.69 Å². The number of nitrogens with two attached hydrogens (primary N) is 2. The molecule has 126 valence electrons. The minimum Gasteiger partial charge on any atom is -0.393 e. The Hall–Kier alpha value is -1.90. The van der Waals surface area contributed by atoms with Crippen molar-refractivity contribution in [3.05, 3.63) is 27.9 Å². The summed E-state index contributed by atoms with van der Waals surface area (Å²) in [5.41, 5.74) is 10.1. The molecule has 0 bridgehead atoms. The number of rotatable bonds is 2. The standard InChI is InChI=1S/C10H6Cl2F5N5S/c11-5-1-4(23(13,14,15,16)17)2-6(12)9(5)22-10(20)8(19)7(3-18)21-22/h1-2H,19-20H2. The predicted molar refractivity (Wildman–Crippen MR) is 78.5 cm³/mol. The molecule has 0 unspecified atom stereocenters. The van der Waals surface area contributed by atoms with Crippen molar-refractivity contribution >= 4 is 44.9 Å². The first kappa shape index (κ1) is 17.5. The Bertz CT molecular complexity index is 848. The van der Waals surface area contributed by atoms with E-state index in [1.165, 1.54) is 0 Å². The second-order valence-corrected chi connectivity index (χ2v) is 7.60. The van der Waals surface area contributed by atoms with Crippen molar-refractivity contribution in [3.63, 3.8) is 0 Å². The smallest absolute Gasteiger partial charge is 0.310 e. The van der Waals surface area contributed by atoms with Gasteiger partial charge in [-0.2, -0.15) is 10.4 Å². The van der Waals surface area contributed by atoms with Gasteiger partial charge in [-0.25, -0.2) is 4.68 Å². The molecule has 0 aliphatic carbocycles. The zero-order chi connectivity index (χ0) is 17.9. The topological polar surface area (TPSA) is 93.6 Å². The summed E-state index contributed by atoms with van der Waals surface area (Å²) in [5, 5.41) is 10.8. The van der Waals surface area contributed by atoms with Gasteiger partial charge in [-0.1, -0.05) is 42.6 Å². The molecule has 0 aliphatic heterocycles. The highest BCUT2D eigenvalue weighted by atomic mass is 35.5. The second kappa shape index (κ2) is 4.34. The molecule has 4 N–H and O–H groups in total. The van der Waals surface area contributed by atoms with Crippen LogP contribution in [0.5, 0.6) is 0 Å². The Balaban J connectivity index is 2.77. The van der Waals surface area contributed by atoms with Crippen LogP contribution in [-0.4, -0.2) is 9.78 Å². The largest absolute Gasteiger partial charge is 0.393 e. The summed E-state index contributed by atoms with van der Waals surface area (Å²) >= 11 is 11.3. The quantitative estimate of drug-likeness (QED) is 0.711. The first-order valence-corrected chi connectivity index (χ1v) is 8.14. The Morgan fingerprint density at radius 3 is 1.91 bits per heavy atom. The highest BCUT2D eigenvalue weighted by Crippen LogP contribution is 3.02. The van der Waals surface area contributed by atoms with Gasteiger partial charge in [0, 0.05) is 0 Å². The van der Waals surface area contributed by atoms with Crippen LogP contribution < -0.4 is 11.5 Å². The monoisotopic (exact) mass is 393 g/mol. The summed E-state index contributed by atoms with van der Waals surface area (Å²) in [4.78, 5) is -2.26. The van der Waals surface area contributed by atoms with Crippen LogP contribution in [0.3, 0.4) is 0 Å². The molecule has 0 spiro atoms. The van der Waals surface area contributed by atoms with Crippen LogP contribution in [0.4, 0.5) is 30.9 Å². The number of hydrogen-bond acceptors (Lipinski definition) is 4. The van der Waals surface area contributed by atoms with E-state index < -0.39 is 30.9 Å². The van der Waals surface area contributed by atoms with Gasteiger partial charge in [0.1, 0.15) is 22.3 Å². The van der Waals surface area contributed by atoms with Crippen LogP contribution >= 0.6 is 33.4 Å². The number of aromatic nitrogens is 2. The second-order valence-electron chi connectivity index (χ2n) is 4.38. The maximum absolute atomic E-state index is 12.8. The fourth-order valence-electron chi connectivity index (χ4n) is 1.66. The number of anilines is 2. The summed E-state index contributed by atoms with van der Waals surface area (Å²) < 4.78 is 64.8. The van der Waals surface area contributed by atoms with Gasteiger partial charge in [0.25, 0.3) is 0 Å². The summed E-state index contributed by atoms with van der Waals surface area (Å²) in [6.45, 7) is 0. The van der Waals surface area contributed by atoms with E-state index in [1.54, 1.807) is 6.07 Å². The SMILES string of the molecule is N#Cc1nn(-c2c(Cl)cc(S(F)(F)(F)(F)F)cc2Cl)c(N)c1N. The lowest BCUT2D eigenvalue weighted by molar-refractivity contribution is 0.364. The van der Waals surface area contributed by atoms with Gasteiger partial charge in [-0.15, -0.1) is 0 Å². The molecule has 1 heterocycles. The maximum atomic E-state index is 12.8. The van der Waals surface area contributed by atoms with Crippen molar-refractivity contribution in [1.82, 2.24) is 9.78 Å². The van der Waals surface area contributed by atoms with Gasteiger partial charge in [-0.05, 0) is 12.1 Å². The Morgan fingerprint density at radius 2 is 1.57 bits per heavy atom. The minimum absolute atomic E-state index is 0.00762. The average molecular weight is 394 g/mol. The molecule has 5 nitrogen and oxygen atoms in total. The fourth-order valence-corrected chi connectivity index (χ4v) is 3.12. The third-order valence-electron chi connectivity index (χ3n) is 2.71. The van der Waals surface area contributed by atoms with E-state index in [0.29, 0.717) is 4.68 Å². The number of halogens is 7. The summed E-state index contributed by atoms with van der Waals surface area (Å²) in [5.74, 6) is -0.328. The van der Waals surface area contributed by atoms with Gasteiger partial charge in [0.2, 0.25) is 0 Å². The zero-order valence-electron chi connectivity index (χ0n) is 10.7. The summed E-state index contributed by atoms with van der Waals surface area (Å²) in [6, 6.07) is 1.61. The molecule has 0 aliphatic rings. The van der Waals surface area contributed by atoms with E-state index in [9.17, 15) is 19.4 Å². The van der Waals surface area contributed by atoms with Crippen LogP contribution in [0.1, 0.15) is 5.69 Å². The van der Waals surface area contributed by atoms with Crippen molar-refractivity contribution in [1.29, 1.82) is 5.26 Å². The lowest BCUT2D eigenvalue weighted by atomic mass is 10.3. The Labute approximate surface area is 135 Å². The van der Waals surface area contributed by atoms with Gasteiger partial charge in [0.05, 0.1) is 10.0 Å². The van der Waals surface area contributed by atoms with Crippen molar-refractivity contribution < 1.29 is 19.4 Å². The Kier molecular flexibility index (Phi) is 3.29. The molecule has 0 fully saturated rings.